The zero-order chi connectivity index (χ0) is 15.0. The molecule has 0 amide bonds. The van der Waals surface area contributed by atoms with Gasteiger partial charge in [0.1, 0.15) is 5.01 Å². The third-order valence-electron chi connectivity index (χ3n) is 4.17. The third-order valence-corrected chi connectivity index (χ3v) is 5.42. The van der Waals surface area contributed by atoms with Crippen molar-refractivity contribution >= 4 is 11.3 Å². The van der Waals surface area contributed by atoms with Gasteiger partial charge in [-0.3, -0.25) is 0 Å². The summed E-state index contributed by atoms with van der Waals surface area (Å²) in [6.45, 7) is 8.52. The van der Waals surface area contributed by atoms with Gasteiger partial charge in [0.2, 0.25) is 0 Å². The van der Waals surface area contributed by atoms with E-state index in [4.69, 9.17) is 0 Å². The lowest BCUT2D eigenvalue weighted by molar-refractivity contribution is 0.364. The summed E-state index contributed by atoms with van der Waals surface area (Å²) in [5, 5.41) is 0.912. The van der Waals surface area contributed by atoms with Gasteiger partial charge in [-0.1, -0.05) is 77.1 Å². The average molecular weight is 299 g/mol. The van der Waals surface area contributed by atoms with E-state index >= 15 is 0 Å². The minimum atomic E-state index is -0.102. The molecule has 0 aliphatic carbocycles. The van der Waals surface area contributed by atoms with E-state index in [0.29, 0.717) is 5.69 Å². The molecule has 0 aliphatic heterocycles. The predicted molar refractivity (Wildman–Crippen MR) is 87.1 cm³/mol. The summed E-state index contributed by atoms with van der Waals surface area (Å²) in [5.74, 6) is 0. The van der Waals surface area contributed by atoms with Crippen LogP contribution in [0.1, 0.15) is 89.3 Å². The fourth-order valence-electron chi connectivity index (χ4n) is 2.68. The molecule has 0 radical (unpaired) electrons. The van der Waals surface area contributed by atoms with Crippen LogP contribution in [-0.4, -0.2) is 4.98 Å². The molecule has 1 heterocycles. The second-order valence-corrected chi connectivity index (χ2v) is 7.16. The lowest BCUT2D eigenvalue weighted by Gasteiger charge is -2.27. The lowest BCUT2D eigenvalue weighted by atomic mass is 9.80. The van der Waals surface area contributed by atoms with Gasteiger partial charge < -0.3 is 0 Å². The van der Waals surface area contributed by atoms with Crippen molar-refractivity contribution in [2.75, 3.05) is 0 Å². The quantitative estimate of drug-likeness (QED) is 0.455. The molecule has 1 aromatic rings. The molecule has 1 rings (SSSR count). The fraction of sp³-hybridized carbons (Fsp3) is 0.824. The molecule has 0 saturated heterocycles. The number of unbranched alkanes of at least 4 members (excludes halogenated alkanes) is 5. The van der Waals surface area contributed by atoms with Gasteiger partial charge in [-0.25, -0.2) is 4.98 Å². The number of hydrogen-bond acceptors (Lipinski definition) is 2. The maximum absolute atomic E-state index is 13.7. The number of aromatic nitrogens is 1. The average Bonchev–Trinajstić information content (AvgIpc) is 2.76. The molecule has 0 fully saturated rings. The molecule has 0 aliphatic rings. The van der Waals surface area contributed by atoms with E-state index in [-0.39, 0.29) is 10.5 Å². The number of thiazole rings is 1. The van der Waals surface area contributed by atoms with E-state index in [2.05, 4.69) is 25.8 Å². The second-order valence-electron chi connectivity index (χ2n) is 6.21. The number of rotatable bonds is 10. The first-order valence-electron chi connectivity index (χ1n) is 8.17. The Labute approximate surface area is 128 Å². The van der Waals surface area contributed by atoms with Crippen molar-refractivity contribution < 1.29 is 4.39 Å². The van der Waals surface area contributed by atoms with Crippen molar-refractivity contribution in [2.45, 2.75) is 90.9 Å². The van der Waals surface area contributed by atoms with Crippen LogP contribution in [-0.2, 0) is 5.41 Å². The van der Waals surface area contributed by atoms with Crippen LogP contribution in [0.3, 0.4) is 0 Å². The Hall–Kier alpha value is -0.440. The zero-order valence-electron chi connectivity index (χ0n) is 13.6. The summed E-state index contributed by atoms with van der Waals surface area (Å²) in [4.78, 5) is 4.50. The van der Waals surface area contributed by atoms with E-state index in [9.17, 15) is 4.39 Å². The van der Waals surface area contributed by atoms with Crippen LogP contribution >= 0.6 is 11.3 Å². The van der Waals surface area contributed by atoms with E-state index in [0.717, 1.165) is 17.8 Å². The topological polar surface area (TPSA) is 12.9 Å². The Morgan fingerprint density at radius 3 is 2.05 bits per heavy atom. The molecular weight excluding hydrogens is 269 g/mol. The van der Waals surface area contributed by atoms with Crippen LogP contribution in [0.25, 0.3) is 0 Å². The van der Waals surface area contributed by atoms with Gasteiger partial charge in [0.25, 0.3) is 0 Å². The van der Waals surface area contributed by atoms with Crippen molar-refractivity contribution in [3.63, 3.8) is 0 Å². The van der Waals surface area contributed by atoms with Gasteiger partial charge in [-0.05, 0) is 19.8 Å². The Morgan fingerprint density at radius 1 is 1.00 bits per heavy atom. The fourth-order valence-corrected chi connectivity index (χ4v) is 3.68. The Balaban J connectivity index is 2.71. The maximum atomic E-state index is 13.7. The first kappa shape index (κ1) is 17.6. The van der Waals surface area contributed by atoms with Gasteiger partial charge in [-0.2, -0.15) is 4.39 Å². The summed E-state index contributed by atoms with van der Waals surface area (Å²) in [6, 6.07) is 0. The second kappa shape index (κ2) is 8.76. The van der Waals surface area contributed by atoms with Crippen molar-refractivity contribution in [3.05, 3.63) is 15.8 Å². The van der Waals surface area contributed by atoms with Crippen LogP contribution < -0.4 is 0 Å². The van der Waals surface area contributed by atoms with Gasteiger partial charge in [-0.15, -0.1) is 0 Å². The Bertz CT molecular complexity index is 369. The molecule has 1 unspecified atom stereocenters. The van der Waals surface area contributed by atoms with E-state index < -0.39 is 0 Å². The van der Waals surface area contributed by atoms with Gasteiger partial charge in [0.05, 0.1) is 5.69 Å². The third kappa shape index (κ3) is 5.16. The van der Waals surface area contributed by atoms with Crippen molar-refractivity contribution in [1.82, 2.24) is 4.98 Å². The predicted octanol–water partition coefficient (Wildman–Crippen LogP) is 6.40. The molecule has 0 saturated carbocycles. The first-order valence-corrected chi connectivity index (χ1v) is 8.98. The van der Waals surface area contributed by atoms with Crippen molar-refractivity contribution in [1.29, 1.82) is 0 Å². The first-order chi connectivity index (χ1) is 9.53. The summed E-state index contributed by atoms with van der Waals surface area (Å²) in [7, 11) is 0. The van der Waals surface area contributed by atoms with Crippen molar-refractivity contribution in [2.24, 2.45) is 0 Å². The zero-order valence-corrected chi connectivity index (χ0v) is 14.4. The number of halogens is 1. The highest BCUT2D eigenvalue weighted by Crippen LogP contribution is 2.38. The van der Waals surface area contributed by atoms with E-state index in [1.54, 1.807) is 6.92 Å². The maximum Gasteiger partial charge on any atom is 0.199 e. The highest BCUT2D eigenvalue weighted by atomic mass is 32.1. The number of aryl methyl sites for hydroxylation is 1. The lowest BCUT2D eigenvalue weighted by Crippen LogP contribution is -2.22. The van der Waals surface area contributed by atoms with E-state index in [1.165, 1.54) is 56.3 Å². The summed E-state index contributed by atoms with van der Waals surface area (Å²) >= 11 is 1.27. The highest BCUT2D eigenvalue weighted by molar-refractivity contribution is 7.10. The molecule has 20 heavy (non-hydrogen) atoms. The molecule has 3 heteroatoms. The van der Waals surface area contributed by atoms with Crippen LogP contribution in [0, 0.1) is 12.1 Å². The van der Waals surface area contributed by atoms with Crippen LogP contribution in [0.4, 0.5) is 4.39 Å². The van der Waals surface area contributed by atoms with Gasteiger partial charge >= 0.3 is 0 Å². The summed E-state index contributed by atoms with van der Waals surface area (Å²) in [6.07, 6.45) is 11.1. The minimum Gasteiger partial charge on any atom is -0.243 e. The standard InChI is InChI=1S/C17H30FNS/c1-5-7-9-11-13-17(4,12-10-8-6-2)16-19-14(3)15(18)20-16/h5-13H2,1-4H3. The Morgan fingerprint density at radius 2 is 1.55 bits per heavy atom. The van der Waals surface area contributed by atoms with E-state index in [1.807, 2.05) is 0 Å². The normalized spacial score (nSPS) is 14.4. The van der Waals surface area contributed by atoms with Gasteiger partial charge in [0, 0.05) is 5.41 Å². The molecule has 0 spiro atoms. The van der Waals surface area contributed by atoms with Crippen molar-refractivity contribution in [3.8, 4) is 0 Å². The Kier molecular flexibility index (Phi) is 7.71. The highest BCUT2D eigenvalue weighted by Gasteiger charge is 2.30. The molecule has 1 nitrogen and oxygen atoms in total. The summed E-state index contributed by atoms with van der Waals surface area (Å²) < 4.78 is 13.7. The number of nitrogens with zero attached hydrogens (tertiary/aromatic N) is 1. The smallest absolute Gasteiger partial charge is 0.199 e. The molecule has 1 atom stereocenters. The molecule has 0 aromatic carbocycles. The molecular formula is C17H30FNS. The van der Waals surface area contributed by atoms with Crippen LogP contribution in [0.15, 0.2) is 0 Å². The monoisotopic (exact) mass is 299 g/mol. The number of hydrogen-bond donors (Lipinski definition) is 0. The minimum absolute atomic E-state index is 0.0721. The molecule has 1 aromatic heterocycles. The van der Waals surface area contributed by atoms with Crippen LogP contribution in [0.2, 0.25) is 0 Å². The molecule has 116 valence electrons. The molecule has 0 bridgehead atoms. The SMILES string of the molecule is CCCCCCC(C)(CCCCC)c1nc(C)c(F)s1. The summed E-state index contributed by atoms with van der Waals surface area (Å²) in [5.41, 5.74) is 0.642. The largest absolute Gasteiger partial charge is 0.243 e. The van der Waals surface area contributed by atoms with Gasteiger partial charge in [0.15, 0.2) is 5.13 Å². The molecule has 0 N–H and O–H groups in total. The van der Waals surface area contributed by atoms with Crippen LogP contribution in [0.5, 0.6) is 0 Å².